The molecule has 0 aromatic heterocycles. The molecule has 0 aromatic rings. The van der Waals surface area contributed by atoms with Gasteiger partial charge in [-0.25, -0.2) is 0 Å². The second-order valence-corrected chi connectivity index (χ2v) is 6.36. The third-order valence-corrected chi connectivity index (χ3v) is 3.96. The van der Waals surface area contributed by atoms with Crippen molar-refractivity contribution >= 4 is 5.91 Å². The highest BCUT2D eigenvalue weighted by atomic mass is 16.2. The van der Waals surface area contributed by atoms with Crippen molar-refractivity contribution in [2.24, 2.45) is 17.3 Å². The van der Waals surface area contributed by atoms with Crippen LogP contribution in [0.5, 0.6) is 0 Å². The molecule has 0 aromatic carbocycles. The van der Waals surface area contributed by atoms with Crippen LogP contribution in [0.4, 0.5) is 0 Å². The summed E-state index contributed by atoms with van der Waals surface area (Å²) in [6.45, 7) is 12.1. The summed E-state index contributed by atoms with van der Waals surface area (Å²) in [6, 6.07) is 0. The van der Waals surface area contributed by atoms with Gasteiger partial charge in [0.25, 0.3) is 0 Å². The molecule has 0 N–H and O–H groups in total. The number of carbonyl (C=O) groups is 1. The summed E-state index contributed by atoms with van der Waals surface area (Å²) in [6.07, 6.45) is 3.76. The van der Waals surface area contributed by atoms with Crippen LogP contribution in [0.1, 0.15) is 40.0 Å². The number of nitrogens with zero attached hydrogens (tertiary/aromatic N) is 1. The Labute approximate surface area is 98.7 Å². The molecule has 90 valence electrons. The number of rotatable bonds is 0. The first-order valence-electron chi connectivity index (χ1n) is 6.37. The van der Waals surface area contributed by atoms with E-state index in [0.29, 0.717) is 17.7 Å². The Bertz CT molecular complexity index is 297. The van der Waals surface area contributed by atoms with E-state index in [9.17, 15) is 4.79 Å². The van der Waals surface area contributed by atoms with E-state index in [2.05, 4.69) is 11.5 Å². The average Bonchev–Trinajstić information content (AvgIpc) is 2.14. The molecule has 2 heteroatoms. The lowest BCUT2D eigenvalue weighted by atomic mass is 9.73. The SMILES string of the molecule is C=C1C2CCCC1CN(C(=O)C(C)(C)C)C2. The summed E-state index contributed by atoms with van der Waals surface area (Å²) in [4.78, 5) is 14.3. The Balaban J connectivity index is 2.10. The molecule has 0 radical (unpaired) electrons. The van der Waals surface area contributed by atoms with E-state index in [1.54, 1.807) is 0 Å². The molecule has 1 aliphatic carbocycles. The lowest BCUT2D eigenvalue weighted by molar-refractivity contribution is -0.142. The van der Waals surface area contributed by atoms with Gasteiger partial charge in [-0.2, -0.15) is 0 Å². The Morgan fingerprint density at radius 2 is 1.75 bits per heavy atom. The number of hydrogen-bond donors (Lipinski definition) is 0. The van der Waals surface area contributed by atoms with Gasteiger partial charge < -0.3 is 4.90 Å². The summed E-state index contributed by atoms with van der Waals surface area (Å²) in [5.41, 5.74) is 1.16. The van der Waals surface area contributed by atoms with Gasteiger partial charge in [0.15, 0.2) is 0 Å². The van der Waals surface area contributed by atoms with Crippen molar-refractivity contribution in [2.75, 3.05) is 13.1 Å². The fraction of sp³-hybridized carbons (Fsp3) is 0.786. The van der Waals surface area contributed by atoms with Crippen molar-refractivity contribution in [1.29, 1.82) is 0 Å². The first kappa shape index (κ1) is 11.7. The molecular formula is C14H23NO. The number of amides is 1. The van der Waals surface area contributed by atoms with E-state index in [-0.39, 0.29) is 5.41 Å². The van der Waals surface area contributed by atoms with Crippen molar-refractivity contribution in [3.8, 4) is 0 Å². The molecule has 2 atom stereocenters. The first-order valence-corrected chi connectivity index (χ1v) is 6.37. The van der Waals surface area contributed by atoms with Gasteiger partial charge in [0.1, 0.15) is 0 Å². The topological polar surface area (TPSA) is 20.3 Å². The normalized spacial score (nSPS) is 30.4. The van der Waals surface area contributed by atoms with E-state index in [1.165, 1.54) is 24.8 Å². The van der Waals surface area contributed by atoms with Crippen LogP contribution < -0.4 is 0 Å². The van der Waals surface area contributed by atoms with E-state index < -0.39 is 0 Å². The van der Waals surface area contributed by atoms with Crippen molar-refractivity contribution in [1.82, 2.24) is 4.90 Å². The monoisotopic (exact) mass is 221 g/mol. The van der Waals surface area contributed by atoms with Gasteiger partial charge in [-0.3, -0.25) is 4.79 Å². The lowest BCUT2D eigenvalue weighted by Crippen LogP contribution is -2.50. The molecule has 2 rings (SSSR count). The fourth-order valence-corrected chi connectivity index (χ4v) is 2.98. The van der Waals surface area contributed by atoms with Crippen molar-refractivity contribution in [2.45, 2.75) is 40.0 Å². The minimum atomic E-state index is -0.243. The second kappa shape index (κ2) is 3.90. The molecule has 2 fully saturated rings. The molecule has 1 aliphatic heterocycles. The smallest absolute Gasteiger partial charge is 0.227 e. The Morgan fingerprint density at radius 1 is 1.25 bits per heavy atom. The van der Waals surface area contributed by atoms with E-state index in [4.69, 9.17) is 0 Å². The minimum absolute atomic E-state index is 0.243. The van der Waals surface area contributed by atoms with Crippen LogP contribution in [-0.2, 0) is 4.79 Å². The molecule has 16 heavy (non-hydrogen) atoms. The zero-order valence-electron chi connectivity index (χ0n) is 10.8. The van der Waals surface area contributed by atoms with Gasteiger partial charge in [-0.1, -0.05) is 39.3 Å². The maximum absolute atomic E-state index is 12.3. The van der Waals surface area contributed by atoms with Gasteiger partial charge in [-0.05, 0) is 24.7 Å². The lowest BCUT2D eigenvalue weighted by Gasteiger charge is -2.44. The van der Waals surface area contributed by atoms with Crippen LogP contribution >= 0.6 is 0 Å². The minimum Gasteiger partial charge on any atom is -0.341 e. The standard InChI is InChI=1S/C14H23NO/c1-10-11-6-5-7-12(10)9-15(8-11)13(16)14(2,3)4/h11-12H,1,5-9H2,2-4H3. The highest BCUT2D eigenvalue weighted by Gasteiger charge is 2.38. The summed E-state index contributed by atoms with van der Waals surface area (Å²) >= 11 is 0. The summed E-state index contributed by atoms with van der Waals surface area (Å²) in [5, 5.41) is 0. The predicted octanol–water partition coefficient (Wildman–Crippen LogP) is 2.85. The molecular weight excluding hydrogens is 198 g/mol. The van der Waals surface area contributed by atoms with E-state index in [1.807, 2.05) is 20.8 Å². The van der Waals surface area contributed by atoms with Crippen molar-refractivity contribution in [3.63, 3.8) is 0 Å². The largest absolute Gasteiger partial charge is 0.341 e. The maximum Gasteiger partial charge on any atom is 0.227 e. The molecule has 1 saturated carbocycles. The number of hydrogen-bond acceptors (Lipinski definition) is 1. The zero-order valence-corrected chi connectivity index (χ0v) is 10.8. The third-order valence-electron chi connectivity index (χ3n) is 3.96. The molecule has 1 saturated heterocycles. The quantitative estimate of drug-likeness (QED) is 0.576. The first-order chi connectivity index (χ1) is 7.39. The Kier molecular flexibility index (Phi) is 2.85. The van der Waals surface area contributed by atoms with Gasteiger partial charge in [0.05, 0.1) is 0 Å². The summed E-state index contributed by atoms with van der Waals surface area (Å²) in [5.74, 6) is 1.44. The van der Waals surface area contributed by atoms with Gasteiger partial charge in [0.2, 0.25) is 5.91 Å². The van der Waals surface area contributed by atoms with Crippen LogP contribution in [-0.4, -0.2) is 23.9 Å². The van der Waals surface area contributed by atoms with Crippen LogP contribution in [0.15, 0.2) is 12.2 Å². The van der Waals surface area contributed by atoms with Crippen LogP contribution in [0.25, 0.3) is 0 Å². The average molecular weight is 221 g/mol. The van der Waals surface area contributed by atoms with Gasteiger partial charge >= 0.3 is 0 Å². The number of likely N-dealkylation sites (tertiary alicyclic amines) is 1. The van der Waals surface area contributed by atoms with E-state index in [0.717, 1.165) is 13.1 Å². The van der Waals surface area contributed by atoms with Gasteiger partial charge in [-0.15, -0.1) is 0 Å². The van der Waals surface area contributed by atoms with Crippen LogP contribution in [0, 0.1) is 17.3 Å². The molecule has 0 spiro atoms. The van der Waals surface area contributed by atoms with Crippen molar-refractivity contribution in [3.05, 3.63) is 12.2 Å². The Hall–Kier alpha value is -0.790. The van der Waals surface area contributed by atoms with Crippen LogP contribution in [0.2, 0.25) is 0 Å². The van der Waals surface area contributed by atoms with Gasteiger partial charge in [0, 0.05) is 18.5 Å². The molecule has 1 heterocycles. The zero-order chi connectivity index (χ0) is 11.9. The number of fused-ring (bicyclic) bond motifs is 2. The predicted molar refractivity (Wildman–Crippen MR) is 66.0 cm³/mol. The van der Waals surface area contributed by atoms with Crippen molar-refractivity contribution < 1.29 is 4.79 Å². The summed E-state index contributed by atoms with van der Waals surface area (Å²) < 4.78 is 0. The molecule has 2 bridgehead atoms. The highest BCUT2D eigenvalue weighted by molar-refractivity contribution is 5.81. The molecule has 1 amide bonds. The fourth-order valence-electron chi connectivity index (χ4n) is 2.98. The summed E-state index contributed by atoms with van der Waals surface area (Å²) in [7, 11) is 0. The second-order valence-electron chi connectivity index (χ2n) is 6.36. The third kappa shape index (κ3) is 2.02. The number of piperidine rings is 1. The van der Waals surface area contributed by atoms with Crippen LogP contribution in [0.3, 0.4) is 0 Å². The molecule has 2 unspecified atom stereocenters. The molecule has 2 aliphatic rings. The maximum atomic E-state index is 12.3. The molecule has 2 nitrogen and oxygen atoms in total. The highest BCUT2D eigenvalue weighted by Crippen LogP contribution is 2.39. The number of carbonyl (C=O) groups excluding carboxylic acids is 1. The van der Waals surface area contributed by atoms with E-state index >= 15 is 0 Å². The Morgan fingerprint density at radius 3 is 2.19 bits per heavy atom.